The van der Waals surface area contributed by atoms with Crippen molar-refractivity contribution in [2.75, 3.05) is 12.4 Å². The molecule has 0 atom stereocenters. The summed E-state index contributed by atoms with van der Waals surface area (Å²) in [4.78, 5) is 28.0. The number of esters is 1. The second kappa shape index (κ2) is 5.95. The first-order valence-corrected chi connectivity index (χ1v) is 7.33. The van der Waals surface area contributed by atoms with Crippen LogP contribution in [0.1, 0.15) is 20.0 Å². The van der Waals surface area contributed by atoms with E-state index in [1.54, 1.807) is 6.07 Å². The number of rotatable bonds is 3. The summed E-state index contributed by atoms with van der Waals surface area (Å²) in [5.41, 5.74) is 0.536. The number of hydrogen-bond donors (Lipinski definition) is 1. The third kappa shape index (κ3) is 2.82. The van der Waals surface area contributed by atoms with E-state index in [2.05, 4.69) is 15.0 Å². The molecule has 0 bridgehead atoms. The van der Waals surface area contributed by atoms with Crippen LogP contribution >= 0.6 is 11.3 Å². The number of nitrogens with one attached hydrogen (secondary N) is 1. The molecular weight excluding hydrogens is 300 g/mol. The van der Waals surface area contributed by atoms with E-state index >= 15 is 0 Å². The van der Waals surface area contributed by atoms with Gasteiger partial charge in [-0.2, -0.15) is 0 Å². The van der Waals surface area contributed by atoms with Crippen molar-refractivity contribution in [2.45, 2.75) is 0 Å². The molecule has 1 aromatic heterocycles. The van der Waals surface area contributed by atoms with E-state index in [1.165, 1.54) is 13.3 Å². The van der Waals surface area contributed by atoms with Crippen LogP contribution in [0.15, 0.2) is 48.7 Å². The van der Waals surface area contributed by atoms with Gasteiger partial charge in [-0.15, -0.1) is 0 Å². The highest BCUT2D eigenvalue weighted by atomic mass is 32.1. The average molecular weight is 312 g/mol. The van der Waals surface area contributed by atoms with E-state index in [0.29, 0.717) is 15.6 Å². The second-order valence-corrected chi connectivity index (χ2v) is 5.57. The number of methoxy groups -OCH3 is 1. The molecule has 110 valence electrons. The predicted octanol–water partition coefficient (Wildman–Crippen LogP) is 3.34. The van der Waals surface area contributed by atoms with E-state index < -0.39 is 5.97 Å². The van der Waals surface area contributed by atoms with Crippen molar-refractivity contribution in [1.82, 2.24) is 4.98 Å². The fourth-order valence-corrected chi connectivity index (χ4v) is 2.76. The van der Waals surface area contributed by atoms with Crippen molar-refractivity contribution in [3.8, 4) is 0 Å². The number of anilines is 1. The molecule has 5 nitrogen and oxygen atoms in total. The Morgan fingerprint density at radius 3 is 2.68 bits per heavy atom. The van der Waals surface area contributed by atoms with E-state index in [9.17, 15) is 9.59 Å². The van der Waals surface area contributed by atoms with Gasteiger partial charge in [-0.05, 0) is 22.9 Å². The first-order chi connectivity index (χ1) is 10.7. The lowest BCUT2D eigenvalue weighted by Gasteiger charge is -2.03. The minimum atomic E-state index is -0.469. The zero-order valence-corrected chi connectivity index (χ0v) is 12.5. The summed E-state index contributed by atoms with van der Waals surface area (Å²) in [7, 11) is 1.30. The highest BCUT2D eigenvalue weighted by molar-refractivity contribution is 7.17. The van der Waals surface area contributed by atoms with E-state index in [0.717, 1.165) is 22.1 Å². The Bertz CT molecular complexity index is 857. The van der Waals surface area contributed by atoms with Crippen molar-refractivity contribution in [3.63, 3.8) is 0 Å². The molecule has 22 heavy (non-hydrogen) atoms. The van der Waals surface area contributed by atoms with Crippen LogP contribution in [0.3, 0.4) is 0 Å². The van der Waals surface area contributed by atoms with Gasteiger partial charge >= 0.3 is 5.97 Å². The van der Waals surface area contributed by atoms with Crippen molar-refractivity contribution in [2.24, 2.45) is 0 Å². The summed E-state index contributed by atoms with van der Waals surface area (Å²) < 4.78 is 4.61. The smallest absolute Gasteiger partial charge is 0.349 e. The molecule has 0 aliphatic carbocycles. The molecule has 6 heteroatoms. The number of carbonyl (C=O) groups is 2. The van der Waals surface area contributed by atoms with Crippen LogP contribution in [-0.4, -0.2) is 24.0 Å². The fraction of sp³-hybridized carbons (Fsp3) is 0.0625. The van der Waals surface area contributed by atoms with Gasteiger partial charge < -0.3 is 4.74 Å². The van der Waals surface area contributed by atoms with Crippen LogP contribution in [0.2, 0.25) is 0 Å². The van der Waals surface area contributed by atoms with Gasteiger partial charge in [0.25, 0.3) is 5.91 Å². The zero-order valence-electron chi connectivity index (χ0n) is 11.7. The SMILES string of the molecule is COC(=O)c1cnc(NC(=O)c2ccc3ccccc3c2)s1. The topological polar surface area (TPSA) is 68.3 Å². The largest absolute Gasteiger partial charge is 0.465 e. The van der Waals surface area contributed by atoms with E-state index in [4.69, 9.17) is 0 Å². The molecule has 0 radical (unpaired) electrons. The molecule has 1 N–H and O–H groups in total. The number of fused-ring (bicyclic) bond motifs is 1. The molecule has 0 saturated heterocycles. The maximum atomic E-state index is 12.2. The Kier molecular flexibility index (Phi) is 3.84. The fourth-order valence-electron chi connectivity index (χ4n) is 2.03. The minimum absolute atomic E-state index is 0.267. The molecule has 1 heterocycles. The molecule has 3 rings (SSSR count). The Morgan fingerprint density at radius 2 is 1.91 bits per heavy atom. The Labute approximate surface area is 130 Å². The van der Waals surface area contributed by atoms with Crippen LogP contribution < -0.4 is 5.32 Å². The van der Waals surface area contributed by atoms with E-state index in [1.807, 2.05) is 36.4 Å². The third-order valence-corrected chi connectivity index (χ3v) is 4.02. The van der Waals surface area contributed by atoms with Gasteiger partial charge in [0.2, 0.25) is 0 Å². The number of nitrogens with zero attached hydrogens (tertiary/aromatic N) is 1. The van der Waals surface area contributed by atoms with Gasteiger partial charge in [0.05, 0.1) is 13.3 Å². The summed E-state index contributed by atoms with van der Waals surface area (Å²) in [6.45, 7) is 0. The lowest BCUT2D eigenvalue weighted by molar-refractivity contribution is 0.0606. The standard InChI is InChI=1S/C16H12N2O3S/c1-21-15(20)13-9-17-16(22-13)18-14(19)12-7-6-10-4-2-3-5-11(10)8-12/h2-9H,1H3,(H,17,18,19). The lowest BCUT2D eigenvalue weighted by atomic mass is 10.1. The summed E-state index contributed by atoms with van der Waals surface area (Å²) in [5.74, 6) is -0.736. The number of thiazole rings is 1. The third-order valence-electron chi connectivity index (χ3n) is 3.12. The number of aromatic nitrogens is 1. The van der Waals surface area contributed by atoms with Crippen molar-refractivity contribution in [3.05, 3.63) is 59.1 Å². The molecule has 0 spiro atoms. The summed E-state index contributed by atoms with van der Waals surface area (Å²) in [6, 6.07) is 13.3. The molecule has 0 fully saturated rings. The van der Waals surface area contributed by atoms with Gasteiger partial charge in [-0.3, -0.25) is 10.1 Å². The second-order valence-electron chi connectivity index (χ2n) is 4.54. The zero-order chi connectivity index (χ0) is 15.5. The minimum Gasteiger partial charge on any atom is -0.465 e. The Morgan fingerprint density at radius 1 is 1.14 bits per heavy atom. The Balaban J connectivity index is 1.80. The molecule has 0 aliphatic rings. The van der Waals surface area contributed by atoms with Gasteiger partial charge in [0, 0.05) is 5.56 Å². The van der Waals surface area contributed by atoms with Gasteiger partial charge in [-0.25, -0.2) is 9.78 Å². The lowest BCUT2D eigenvalue weighted by Crippen LogP contribution is -2.11. The number of amides is 1. The van der Waals surface area contributed by atoms with Crippen molar-refractivity contribution < 1.29 is 14.3 Å². The first-order valence-electron chi connectivity index (χ1n) is 6.51. The van der Waals surface area contributed by atoms with Gasteiger partial charge in [0.1, 0.15) is 4.88 Å². The molecule has 1 amide bonds. The maximum Gasteiger partial charge on any atom is 0.349 e. The van der Waals surface area contributed by atoms with Crippen LogP contribution in [0.25, 0.3) is 10.8 Å². The number of ether oxygens (including phenoxy) is 1. The molecule has 3 aromatic rings. The van der Waals surface area contributed by atoms with Crippen molar-refractivity contribution in [1.29, 1.82) is 0 Å². The van der Waals surface area contributed by atoms with Crippen LogP contribution in [0, 0.1) is 0 Å². The number of benzene rings is 2. The summed E-state index contributed by atoms with van der Waals surface area (Å²) in [5, 5.41) is 5.10. The average Bonchev–Trinajstić information content (AvgIpc) is 3.02. The summed E-state index contributed by atoms with van der Waals surface area (Å²) in [6.07, 6.45) is 1.38. The summed E-state index contributed by atoms with van der Waals surface area (Å²) >= 11 is 1.07. The monoisotopic (exact) mass is 312 g/mol. The van der Waals surface area contributed by atoms with Gasteiger partial charge in [0.15, 0.2) is 5.13 Å². The van der Waals surface area contributed by atoms with Crippen LogP contribution in [-0.2, 0) is 4.74 Å². The predicted molar refractivity (Wildman–Crippen MR) is 85.4 cm³/mol. The maximum absolute atomic E-state index is 12.2. The van der Waals surface area contributed by atoms with Crippen LogP contribution in [0.4, 0.5) is 5.13 Å². The molecular formula is C16H12N2O3S. The van der Waals surface area contributed by atoms with Crippen LogP contribution in [0.5, 0.6) is 0 Å². The quantitative estimate of drug-likeness (QED) is 0.753. The molecule has 0 aliphatic heterocycles. The van der Waals surface area contributed by atoms with Gasteiger partial charge in [-0.1, -0.05) is 41.7 Å². The van der Waals surface area contributed by atoms with Crippen molar-refractivity contribution >= 4 is 39.1 Å². The molecule has 0 saturated carbocycles. The molecule has 2 aromatic carbocycles. The number of carbonyl (C=O) groups excluding carboxylic acids is 2. The first kappa shape index (κ1) is 14.2. The van der Waals surface area contributed by atoms with E-state index in [-0.39, 0.29) is 5.91 Å². The number of hydrogen-bond acceptors (Lipinski definition) is 5. The molecule has 0 unspecified atom stereocenters. The Hall–Kier alpha value is -2.73. The normalized spacial score (nSPS) is 10.4. The highest BCUT2D eigenvalue weighted by Crippen LogP contribution is 2.21. The highest BCUT2D eigenvalue weighted by Gasteiger charge is 2.13.